The Morgan fingerprint density at radius 1 is 1.15 bits per heavy atom. The van der Waals surface area contributed by atoms with Gasteiger partial charge in [-0.3, -0.25) is 4.90 Å². The summed E-state index contributed by atoms with van der Waals surface area (Å²) < 4.78 is 25.6. The first-order valence-electron chi connectivity index (χ1n) is 14.1. The molecule has 3 heterocycles. The molecule has 3 atom stereocenters. The summed E-state index contributed by atoms with van der Waals surface area (Å²) >= 11 is 0. The zero-order valence-electron chi connectivity index (χ0n) is 22.6. The number of rotatable bonds is 8. The first kappa shape index (κ1) is 28.2. The lowest BCUT2D eigenvalue weighted by molar-refractivity contribution is -0.0649. The number of hydrogen-bond acceptors (Lipinski definition) is 7. The number of imidazole rings is 1. The van der Waals surface area contributed by atoms with Crippen LogP contribution in [0.15, 0.2) is 30.5 Å². The summed E-state index contributed by atoms with van der Waals surface area (Å²) in [6, 6.07) is 6.69. The summed E-state index contributed by atoms with van der Waals surface area (Å²) in [5, 5.41) is 21.0. The molecule has 2 aromatic rings. The average Bonchev–Trinajstić information content (AvgIpc) is 3.60. The van der Waals surface area contributed by atoms with Gasteiger partial charge in [0, 0.05) is 25.2 Å². The Bertz CT molecular complexity index is 1250. The quantitative estimate of drug-likeness (QED) is 0.385. The molecule has 1 unspecified atom stereocenters. The molecule has 0 spiro atoms. The number of carbonyl (C=O) groups is 1. The second-order valence-electron chi connectivity index (χ2n) is 11.7. The van der Waals surface area contributed by atoms with E-state index in [1.807, 2.05) is 6.07 Å². The lowest BCUT2D eigenvalue weighted by atomic mass is 9.81. The molecule has 2 aliphatic heterocycles. The topological polar surface area (TPSA) is 153 Å². The van der Waals surface area contributed by atoms with Gasteiger partial charge in [0.25, 0.3) is 0 Å². The van der Waals surface area contributed by atoms with Gasteiger partial charge in [0.05, 0.1) is 29.8 Å². The number of aromatic carboxylic acids is 1. The molecule has 0 amide bonds. The van der Waals surface area contributed by atoms with Crippen molar-refractivity contribution in [2.75, 3.05) is 32.4 Å². The Kier molecular flexibility index (Phi) is 8.44. The number of likely N-dealkylation sites (tertiary alicyclic amines) is 1. The van der Waals surface area contributed by atoms with Crippen LogP contribution in [-0.4, -0.2) is 82.4 Å². The molecule has 11 heteroatoms. The predicted octanol–water partition coefficient (Wildman–Crippen LogP) is 2.89. The number of carboxylic acid groups (broad SMARTS) is 1. The number of piperidine rings is 1. The summed E-state index contributed by atoms with van der Waals surface area (Å²) in [6.07, 6.45) is 8.89. The standard InChI is InChI=1S/C28H41N5O5S/c1-39(37,38)32-11-9-19(10-12-32)23-14-25(33(17-23)27(34)20-7-5-18(15-29)6-8-20)26-30-16-24(31-26)21-3-2-4-22(13-21)28(35)36/h2-4,13,16,18-20,23,25,27,34H,5-12,14-15,17,29H2,1H3,(H,30,31)(H,35,36)/t18?,20?,23-,25-,27?/m0/s1. The van der Waals surface area contributed by atoms with Gasteiger partial charge in [-0.05, 0) is 87.3 Å². The van der Waals surface area contributed by atoms with Crippen molar-refractivity contribution in [3.63, 3.8) is 0 Å². The Morgan fingerprint density at radius 3 is 2.51 bits per heavy atom. The van der Waals surface area contributed by atoms with E-state index in [2.05, 4.69) is 9.88 Å². The second-order valence-corrected chi connectivity index (χ2v) is 13.7. The Morgan fingerprint density at radius 2 is 1.87 bits per heavy atom. The molecule has 2 saturated heterocycles. The van der Waals surface area contributed by atoms with Gasteiger partial charge in [-0.25, -0.2) is 22.5 Å². The number of aliphatic hydroxyl groups is 1. The highest BCUT2D eigenvalue weighted by molar-refractivity contribution is 7.88. The summed E-state index contributed by atoms with van der Waals surface area (Å²) in [5.74, 6) is 1.23. The number of aliphatic hydroxyl groups excluding tert-OH is 1. The van der Waals surface area contributed by atoms with E-state index in [1.54, 1.807) is 28.7 Å². The molecular formula is C28H41N5O5S. The van der Waals surface area contributed by atoms with E-state index < -0.39 is 22.2 Å². The van der Waals surface area contributed by atoms with Gasteiger partial charge in [0.2, 0.25) is 10.0 Å². The van der Waals surface area contributed by atoms with Crippen molar-refractivity contribution in [3.8, 4) is 11.3 Å². The van der Waals surface area contributed by atoms with Crippen LogP contribution >= 0.6 is 0 Å². The number of benzene rings is 1. The van der Waals surface area contributed by atoms with Crippen molar-refractivity contribution < 1.29 is 23.4 Å². The van der Waals surface area contributed by atoms with Gasteiger partial charge in [-0.15, -0.1) is 0 Å². The lowest BCUT2D eigenvalue weighted by Crippen LogP contribution is -2.43. The normalized spacial score (nSPS) is 28.5. The van der Waals surface area contributed by atoms with Crippen molar-refractivity contribution in [2.45, 2.75) is 57.2 Å². The van der Waals surface area contributed by atoms with Crippen molar-refractivity contribution in [2.24, 2.45) is 29.4 Å². The van der Waals surface area contributed by atoms with E-state index in [9.17, 15) is 23.4 Å². The number of nitrogens with zero attached hydrogens (tertiary/aromatic N) is 3. The number of aromatic amines is 1. The van der Waals surface area contributed by atoms with Crippen molar-refractivity contribution in [3.05, 3.63) is 41.9 Å². The summed E-state index contributed by atoms with van der Waals surface area (Å²) in [5.41, 5.74) is 7.62. The van der Waals surface area contributed by atoms with Crippen LogP contribution in [0.3, 0.4) is 0 Å². The van der Waals surface area contributed by atoms with Crippen LogP contribution in [0.4, 0.5) is 0 Å². The zero-order chi connectivity index (χ0) is 27.7. The monoisotopic (exact) mass is 559 g/mol. The van der Waals surface area contributed by atoms with Gasteiger partial charge in [-0.1, -0.05) is 12.1 Å². The molecular weight excluding hydrogens is 518 g/mol. The SMILES string of the molecule is CS(=O)(=O)N1CCC([C@H]2C[C@@H](c3ncc(-c4cccc(C(=O)O)c4)[nH]3)N(C(O)C3CCC(CN)CC3)C2)CC1. The van der Waals surface area contributed by atoms with Crippen LogP contribution in [0.2, 0.25) is 0 Å². The van der Waals surface area contributed by atoms with E-state index in [4.69, 9.17) is 10.7 Å². The molecule has 0 radical (unpaired) electrons. The van der Waals surface area contributed by atoms with Crippen molar-refractivity contribution >= 4 is 16.0 Å². The van der Waals surface area contributed by atoms with Crippen LogP contribution in [-0.2, 0) is 10.0 Å². The highest BCUT2D eigenvalue weighted by Crippen LogP contribution is 2.44. The van der Waals surface area contributed by atoms with E-state index in [-0.39, 0.29) is 17.5 Å². The maximum atomic E-state index is 12.0. The number of nitrogens with one attached hydrogen (secondary N) is 1. The van der Waals surface area contributed by atoms with Crippen molar-refractivity contribution in [1.82, 2.24) is 19.2 Å². The first-order chi connectivity index (χ1) is 18.6. The maximum Gasteiger partial charge on any atom is 0.335 e. The fourth-order valence-corrected chi connectivity index (χ4v) is 7.82. The van der Waals surface area contributed by atoms with Gasteiger partial charge in [0.1, 0.15) is 12.1 Å². The third kappa shape index (κ3) is 6.22. The third-order valence-electron chi connectivity index (χ3n) is 9.32. The van der Waals surface area contributed by atoms with Gasteiger partial charge in [0.15, 0.2) is 0 Å². The molecule has 5 rings (SSSR count). The third-order valence-corrected chi connectivity index (χ3v) is 10.6. The van der Waals surface area contributed by atoms with Crippen LogP contribution in [0, 0.1) is 23.7 Å². The molecule has 214 valence electrons. The Balaban J connectivity index is 1.36. The summed E-state index contributed by atoms with van der Waals surface area (Å²) in [6.45, 7) is 2.53. The lowest BCUT2D eigenvalue weighted by Gasteiger charge is -2.38. The molecule has 0 bridgehead atoms. The maximum absolute atomic E-state index is 12.0. The zero-order valence-corrected chi connectivity index (χ0v) is 23.4. The van der Waals surface area contributed by atoms with Crippen LogP contribution < -0.4 is 5.73 Å². The molecule has 3 aliphatic rings. The van der Waals surface area contributed by atoms with Crippen molar-refractivity contribution in [1.29, 1.82) is 0 Å². The fraction of sp³-hybridized carbons (Fsp3) is 0.643. The number of nitrogens with two attached hydrogens (primary N) is 1. The first-order valence-corrected chi connectivity index (χ1v) is 16.0. The second kappa shape index (κ2) is 11.7. The number of sulfonamides is 1. The van der Waals surface area contributed by atoms with Gasteiger partial charge in [-0.2, -0.15) is 0 Å². The van der Waals surface area contributed by atoms with E-state index in [1.165, 1.54) is 6.26 Å². The van der Waals surface area contributed by atoms with Gasteiger partial charge >= 0.3 is 5.97 Å². The minimum absolute atomic E-state index is 0.0958. The van der Waals surface area contributed by atoms with Crippen LogP contribution in [0.5, 0.6) is 0 Å². The Labute approximate surface area is 230 Å². The molecule has 1 aromatic heterocycles. The smallest absolute Gasteiger partial charge is 0.335 e. The van der Waals surface area contributed by atoms with Crippen LogP contribution in [0.25, 0.3) is 11.3 Å². The van der Waals surface area contributed by atoms with E-state index >= 15 is 0 Å². The van der Waals surface area contributed by atoms with E-state index in [0.717, 1.165) is 68.6 Å². The fourth-order valence-electron chi connectivity index (χ4n) is 6.94. The number of hydrogen-bond donors (Lipinski definition) is 4. The van der Waals surface area contributed by atoms with Gasteiger partial charge < -0.3 is 20.9 Å². The molecule has 10 nitrogen and oxygen atoms in total. The molecule has 5 N–H and O–H groups in total. The Hall–Kier alpha value is -2.31. The summed E-state index contributed by atoms with van der Waals surface area (Å²) in [4.78, 5) is 21.8. The number of carboxylic acids is 1. The molecule has 1 saturated carbocycles. The molecule has 39 heavy (non-hydrogen) atoms. The molecule has 3 fully saturated rings. The average molecular weight is 560 g/mol. The minimum atomic E-state index is -3.18. The highest BCUT2D eigenvalue weighted by Gasteiger charge is 2.44. The largest absolute Gasteiger partial charge is 0.478 e. The summed E-state index contributed by atoms with van der Waals surface area (Å²) in [7, 11) is -3.18. The minimum Gasteiger partial charge on any atom is -0.478 e. The molecule has 1 aliphatic carbocycles. The molecule has 1 aromatic carbocycles. The number of H-pyrrole nitrogens is 1. The highest BCUT2D eigenvalue weighted by atomic mass is 32.2. The predicted molar refractivity (Wildman–Crippen MR) is 148 cm³/mol. The van der Waals surface area contributed by atoms with E-state index in [0.29, 0.717) is 37.4 Å². The number of aromatic nitrogens is 2. The van der Waals surface area contributed by atoms with Crippen LogP contribution in [0.1, 0.15) is 67.2 Å².